The number of amides is 1. The van der Waals surface area contributed by atoms with Crippen LogP contribution in [0.2, 0.25) is 0 Å². The molecule has 1 aliphatic carbocycles. The number of aromatic nitrogens is 5. The summed E-state index contributed by atoms with van der Waals surface area (Å²) >= 11 is 0. The molecule has 1 fully saturated rings. The molecule has 2 atom stereocenters. The molecule has 1 aromatic carbocycles. The number of hydrogen-bond donors (Lipinski definition) is 3. The van der Waals surface area contributed by atoms with Crippen LogP contribution in [-0.2, 0) is 21.7 Å². The second kappa shape index (κ2) is 8.87. The number of hydrogen-bond acceptors (Lipinski definition) is 7. The molecule has 0 spiro atoms. The van der Waals surface area contributed by atoms with E-state index in [0.29, 0.717) is 11.3 Å². The van der Waals surface area contributed by atoms with Crippen molar-refractivity contribution in [3.8, 4) is 11.3 Å². The number of sulfone groups is 1. The fraction of sp³-hybridized carbons (Fsp3) is 0.304. The normalized spacial score (nSPS) is 17.4. The van der Waals surface area contributed by atoms with Gasteiger partial charge in [0.05, 0.1) is 27.9 Å². The molecule has 3 heterocycles. The van der Waals surface area contributed by atoms with E-state index < -0.39 is 40.1 Å². The van der Waals surface area contributed by atoms with Crippen LogP contribution >= 0.6 is 0 Å². The molecule has 1 aliphatic rings. The third-order valence-corrected chi connectivity index (χ3v) is 7.05. The second-order valence-corrected chi connectivity index (χ2v) is 10.9. The summed E-state index contributed by atoms with van der Waals surface area (Å²) in [5, 5.41) is 9.81. The van der Waals surface area contributed by atoms with Gasteiger partial charge in [-0.05, 0) is 31.0 Å². The number of imidazole rings is 1. The number of carbonyl (C=O) groups excluding carboxylic acids is 1. The first-order chi connectivity index (χ1) is 17.4. The lowest BCUT2D eigenvalue weighted by molar-refractivity contribution is -0.117. The second-order valence-electron chi connectivity index (χ2n) is 8.96. The third-order valence-electron chi connectivity index (χ3n) is 5.91. The lowest BCUT2D eigenvalue weighted by Gasteiger charge is -2.14. The lowest BCUT2D eigenvalue weighted by atomic mass is 10.1. The minimum Gasteiger partial charge on any atom is -0.352 e. The van der Waals surface area contributed by atoms with E-state index in [9.17, 15) is 26.4 Å². The quantitative estimate of drug-likeness (QED) is 0.326. The van der Waals surface area contributed by atoms with Crippen LogP contribution in [0.3, 0.4) is 0 Å². The van der Waals surface area contributed by atoms with E-state index in [1.807, 2.05) is 6.92 Å². The highest BCUT2D eigenvalue weighted by Crippen LogP contribution is 2.37. The Bertz CT molecular complexity index is 1650. The minimum atomic E-state index is -3.76. The summed E-state index contributed by atoms with van der Waals surface area (Å²) in [6.45, 7) is 1.85. The smallest absolute Gasteiger partial charge is 0.295 e. The largest absolute Gasteiger partial charge is 0.352 e. The fourth-order valence-electron chi connectivity index (χ4n) is 4.04. The van der Waals surface area contributed by atoms with Gasteiger partial charge < -0.3 is 15.6 Å². The van der Waals surface area contributed by atoms with Crippen LogP contribution in [0.1, 0.15) is 24.2 Å². The summed E-state index contributed by atoms with van der Waals surface area (Å²) in [6.07, 6.45) is -1.22. The fourth-order valence-corrected chi connectivity index (χ4v) is 4.90. The van der Waals surface area contributed by atoms with E-state index in [1.165, 1.54) is 18.2 Å². The standard InChI is InChI=1S/C23H22F3N7O3S/c1-10-9-33(2)32-18(10)11-4-5-14(16(6-11)37(3,35)36)27-15-8-17(29-23(34)12-7-13(12)24)28-21-19(15)30-22(31-21)20(25)26/h4-6,8-9,12-13,20H,7H2,1-3H3,(H3,27,28,29,30,31,34)/t12-,13?/m0/s1. The van der Waals surface area contributed by atoms with Crippen molar-refractivity contribution in [2.24, 2.45) is 13.0 Å². The minimum absolute atomic E-state index is 0.00665. The van der Waals surface area contributed by atoms with Crippen molar-refractivity contribution in [1.29, 1.82) is 0 Å². The van der Waals surface area contributed by atoms with Crippen molar-refractivity contribution in [2.45, 2.75) is 30.8 Å². The summed E-state index contributed by atoms with van der Waals surface area (Å²) in [6, 6.07) is 6.01. The van der Waals surface area contributed by atoms with Gasteiger partial charge in [0.25, 0.3) is 6.43 Å². The zero-order chi connectivity index (χ0) is 26.6. The summed E-state index contributed by atoms with van der Waals surface area (Å²) in [4.78, 5) is 22.6. The molecule has 0 saturated heterocycles. The van der Waals surface area contributed by atoms with Crippen molar-refractivity contribution < 1.29 is 26.4 Å². The van der Waals surface area contributed by atoms with Crippen LogP contribution in [0.25, 0.3) is 22.4 Å². The van der Waals surface area contributed by atoms with Crippen LogP contribution in [0, 0.1) is 12.8 Å². The summed E-state index contributed by atoms with van der Waals surface area (Å²) in [7, 11) is -2.01. The SMILES string of the molecule is Cc1cn(C)nc1-c1ccc(Nc2cc(NC(=O)[C@H]3CC3F)nc3[nH]c(C(F)F)nc23)c(S(C)(=O)=O)c1. The predicted molar refractivity (Wildman–Crippen MR) is 130 cm³/mol. The van der Waals surface area contributed by atoms with Gasteiger partial charge in [0, 0.05) is 31.1 Å². The number of aromatic amines is 1. The molecule has 0 bridgehead atoms. The molecule has 194 valence electrons. The molecule has 4 aromatic rings. The Labute approximate surface area is 209 Å². The highest BCUT2D eigenvalue weighted by molar-refractivity contribution is 7.90. The molecule has 0 aliphatic heterocycles. The highest BCUT2D eigenvalue weighted by Gasteiger charge is 2.43. The molecule has 10 nitrogen and oxygen atoms in total. The van der Waals surface area contributed by atoms with Crippen molar-refractivity contribution in [3.63, 3.8) is 0 Å². The van der Waals surface area contributed by atoms with E-state index in [0.717, 1.165) is 11.8 Å². The van der Waals surface area contributed by atoms with Gasteiger partial charge in [-0.3, -0.25) is 9.48 Å². The van der Waals surface area contributed by atoms with Crippen molar-refractivity contribution in [1.82, 2.24) is 24.7 Å². The number of nitrogens with one attached hydrogen (secondary N) is 3. The number of halogens is 3. The zero-order valence-electron chi connectivity index (χ0n) is 19.9. The first-order valence-electron chi connectivity index (χ1n) is 11.2. The Hall–Kier alpha value is -3.94. The van der Waals surface area contributed by atoms with Crippen LogP contribution < -0.4 is 10.6 Å². The van der Waals surface area contributed by atoms with Gasteiger partial charge in [-0.15, -0.1) is 0 Å². The Morgan fingerprint density at radius 2 is 1.95 bits per heavy atom. The molecular formula is C23H22F3N7O3S. The highest BCUT2D eigenvalue weighted by atomic mass is 32.2. The number of nitrogens with zero attached hydrogens (tertiary/aromatic N) is 4. The molecule has 3 aromatic heterocycles. The average Bonchev–Trinajstić information content (AvgIpc) is 3.22. The zero-order valence-corrected chi connectivity index (χ0v) is 20.7. The maximum atomic E-state index is 13.4. The Morgan fingerprint density at radius 1 is 1.22 bits per heavy atom. The molecule has 1 saturated carbocycles. The van der Waals surface area contributed by atoms with Gasteiger partial charge in [-0.1, -0.05) is 6.07 Å². The van der Waals surface area contributed by atoms with Crippen LogP contribution in [0.5, 0.6) is 0 Å². The van der Waals surface area contributed by atoms with E-state index in [4.69, 9.17) is 0 Å². The molecule has 5 rings (SSSR count). The molecule has 37 heavy (non-hydrogen) atoms. The Morgan fingerprint density at radius 3 is 2.54 bits per heavy atom. The number of fused-ring (bicyclic) bond motifs is 1. The van der Waals surface area contributed by atoms with E-state index in [-0.39, 0.29) is 39.7 Å². The summed E-state index contributed by atoms with van der Waals surface area (Å²) < 4.78 is 67.1. The molecule has 1 unspecified atom stereocenters. The predicted octanol–water partition coefficient (Wildman–Crippen LogP) is 4.05. The molecule has 1 amide bonds. The molecule has 0 radical (unpaired) electrons. The van der Waals surface area contributed by atoms with E-state index in [1.54, 1.807) is 24.0 Å². The van der Waals surface area contributed by atoms with Crippen molar-refractivity contribution in [2.75, 3.05) is 16.9 Å². The van der Waals surface area contributed by atoms with Gasteiger partial charge in [-0.25, -0.2) is 31.6 Å². The number of benzene rings is 1. The maximum Gasteiger partial charge on any atom is 0.295 e. The number of anilines is 3. The third kappa shape index (κ3) is 4.88. The van der Waals surface area contributed by atoms with Crippen LogP contribution in [0.4, 0.5) is 30.4 Å². The number of pyridine rings is 1. The Balaban J connectivity index is 1.59. The number of rotatable bonds is 7. The number of carbonyl (C=O) groups is 1. The van der Waals surface area contributed by atoms with Gasteiger partial charge in [0.15, 0.2) is 21.3 Å². The first-order valence-corrected chi connectivity index (χ1v) is 13.1. The monoisotopic (exact) mass is 533 g/mol. The van der Waals surface area contributed by atoms with Gasteiger partial charge in [-0.2, -0.15) is 5.10 Å². The number of aryl methyl sites for hydroxylation is 2. The molecule has 3 N–H and O–H groups in total. The lowest BCUT2D eigenvalue weighted by Crippen LogP contribution is -2.16. The van der Waals surface area contributed by atoms with Gasteiger partial charge in [0.1, 0.15) is 17.5 Å². The van der Waals surface area contributed by atoms with Crippen LogP contribution in [0.15, 0.2) is 35.4 Å². The molecule has 14 heteroatoms. The van der Waals surface area contributed by atoms with Gasteiger partial charge >= 0.3 is 0 Å². The summed E-state index contributed by atoms with van der Waals surface area (Å²) in [5.41, 5.74) is 2.23. The average molecular weight is 534 g/mol. The number of alkyl halides is 3. The first kappa shape index (κ1) is 24.7. The maximum absolute atomic E-state index is 13.4. The molecular weight excluding hydrogens is 511 g/mol. The van der Waals surface area contributed by atoms with Crippen molar-refractivity contribution in [3.05, 3.63) is 41.9 Å². The van der Waals surface area contributed by atoms with Crippen molar-refractivity contribution >= 4 is 44.1 Å². The topological polar surface area (TPSA) is 135 Å². The van der Waals surface area contributed by atoms with E-state index in [2.05, 4.69) is 30.7 Å². The number of H-pyrrole nitrogens is 1. The van der Waals surface area contributed by atoms with E-state index >= 15 is 0 Å². The Kier molecular flexibility index (Phi) is 5.93. The van der Waals surface area contributed by atoms with Gasteiger partial charge in [0.2, 0.25) is 5.91 Å². The summed E-state index contributed by atoms with van der Waals surface area (Å²) in [5.74, 6) is -2.08. The van der Waals surface area contributed by atoms with Crippen LogP contribution in [-0.4, -0.2) is 51.5 Å².